The van der Waals surface area contributed by atoms with Crippen LogP contribution in [-0.4, -0.2) is 36.5 Å². The molecular weight excluding hydrogens is 461 g/mol. The standard InChI is InChI=1S/C18H25N5OS.HI/c1-4-20-17(22-13-18(2,3)15-8-6-10-25-15)21-12-16(24)23-14-7-5-9-19-11-14;/h5-11H,4,12-13H2,1-3H3,(H,23,24)(H2,20,21,22);1H. The van der Waals surface area contributed by atoms with Crippen LogP contribution in [0.3, 0.4) is 0 Å². The first-order valence-electron chi connectivity index (χ1n) is 8.27. The molecular formula is C18H26IN5OS. The minimum atomic E-state index is -0.178. The summed E-state index contributed by atoms with van der Waals surface area (Å²) < 4.78 is 0. The number of amides is 1. The fourth-order valence-electron chi connectivity index (χ4n) is 2.19. The summed E-state index contributed by atoms with van der Waals surface area (Å²) in [5.41, 5.74) is 0.655. The van der Waals surface area contributed by atoms with Crippen LogP contribution in [0.25, 0.3) is 0 Å². The van der Waals surface area contributed by atoms with E-state index in [1.807, 2.05) is 6.92 Å². The lowest BCUT2D eigenvalue weighted by Gasteiger charge is -2.25. The van der Waals surface area contributed by atoms with Crippen molar-refractivity contribution in [2.75, 3.05) is 25.0 Å². The zero-order valence-electron chi connectivity index (χ0n) is 15.3. The summed E-state index contributed by atoms with van der Waals surface area (Å²) in [5, 5.41) is 11.3. The van der Waals surface area contributed by atoms with Gasteiger partial charge < -0.3 is 16.0 Å². The quantitative estimate of drug-likeness (QED) is 0.319. The highest BCUT2D eigenvalue weighted by Gasteiger charge is 2.21. The molecule has 0 bridgehead atoms. The van der Waals surface area contributed by atoms with E-state index in [1.165, 1.54) is 4.88 Å². The van der Waals surface area contributed by atoms with Crippen molar-refractivity contribution in [1.29, 1.82) is 0 Å². The van der Waals surface area contributed by atoms with Crippen LogP contribution >= 0.6 is 35.3 Å². The molecule has 6 nitrogen and oxygen atoms in total. The van der Waals surface area contributed by atoms with Crippen molar-refractivity contribution in [1.82, 2.24) is 15.6 Å². The van der Waals surface area contributed by atoms with E-state index in [0.29, 0.717) is 11.6 Å². The molecule has 142 valence electrons. The van der Waals surface area contributed by atoms with Gasteiger partial charge in [-0.25, -0.2) is 4.99 Å². The van der Waals surface area contributed by atoms with Gasteiger partial charge in [-0.15, -0.1) is 35.3 Å². The number of nitrogens with one attached hydrogen (secondary N) is 3. The van der Waals surface area contributed by atoms with Gasteiger partial charge in [0, 0.05) is 29.6 Å². The highest BCUT2D eigenvalue weighted by molar-refractivity contribution is 14.0. The van der Waals surface area contributed by atoms with Crippen LogP contribution < -0.4 is 16.0 Å². The van der Waals surface area contributed by atoms with Crippen LogP contribution in [-0.2, 0) is 10.2 Å². The molecule has 2 aromatic heterocycles. The van der Waals surface area contributed by atoms with Crippen molar-refractivity contribution >= 4 is 52.9 Å². The SMILES string of the molecule is CCNC(=NCC(=O)Nc1cccnc1)NCC(C)(C)c1cccs1.I. The predicted octanol–water partition coefficient (Wildman–Crippen LogP) is 3.23. The molecule has 1 amide bonds. The summed E-state index contributed by atoms with van der Waals surface area (Å²) in [7, 11) is 0. The maximum Gasteiger partial charge on any atom is 0.246 e. The average molecular weight is 487 g/mol. The van der Waals surface area contributed by atoms with Gasteiger partial charge >= 0.3 is 0 Å². The van der Waals surface area contributed by atoms with Gasteiger partial charge in [0.2, 0.25) is 5.91 Å². The van der Waals surface area contributed by atoms with E-state index in [4.69, 9.17) is 0 Å². The number of rotatable bonds is 7. The van der Waals surface area contributed by atoms with E-state index in [9.17, 15) is 4.79 Å². The lowest BCUT2D eigenvalue weighted by atomic mass is 9.91. The zero-order chi connectivity index (χ0) is 18.1. The summed E-state index contributed by atoms with van der Waals surface area (Å²) in [6.07, 6.45) is 3.27. The van der Waals surface area contributed by atoms with Crippen LogP contribution in [0.1, 0.15) is 25.6 Å². The fraction of sp³-hybridized carbons (Fsp3) is 0.389. The molecule has 8 heteroatoms. The molecule has 0 aliphatic rings. The molecule has 0 saturated carbocycles. The fourth-order valence-corrected chi connectivity index (χ4v) is 3.04. The third kappa shape index (κ3) is 7.28. The molecule has 0 aliphatic heterocycles. The molecule has 2 rings (SSSR count). The van der Waals surface area contributed by atoms with E-state index in [0.717, 1.165) is 13.1 Å². The zero-order valence-corrected chi connectivity index (χ0v) is 18.4. The predicted molar refractivity (Wildman–Crippen MR) is 120 cm³/mol. The molecule has 0 radical (unpaired) electrons. The number of aromatic nitrogens is 1. The minimum absolute atomic E-state index is 0. The average Bonchev–Trinajstić information content (AvgIpc) is 3.14. The number of pyridine rings is 1. The molecule has 26 heavy (non-hydrogen) atoms. The first-order chi connectivity index (χ1) is 12.0. The number of halogens is 1. The third-order valence-corrected chi connectivity index (χ3v) is 4.79. The van der Waals surface area contributed by atoms with Crippen LogP contribution in [0.15, 0.2) is 47.0 Å². The summed E-state index contributed by atoms with van der Waals surface area (Å²) in [6, 6.07) is 7.76. The molecule has 0 saturated heterocycles. The van der Waals surface area contributed by atoms with Crippen molar-refractivity contribution < 1.29 is 4.79 Å². The molecule has 0 aliphatic carbocycles. The highest BCUT2D eigenvalue weighted by Crippen LogP contribution is 2.26. The van der Waals surface area contributed by atoms with Gasteiger partial charge in [-0.1, -0.05) is 19.9 Å². The molecule has 0 atom stereocenters. The Morgan fingerprint density at radius 3 is 2.69 bits per heavy atom. The highest BCUT2D eigenvalue weighted by atomic mass is 127. The number of guanidine groups is 1. The second kappa shape index (κ2) is 11.1. The van der Waals surface area contributed by atoms with Crippen molar-refractivity contribution in [3.8, 4) is 0 Å². The Hall–Kier alpha value is -1.68. The second-order valence-corrected chi connectivity index (χ2v) is 7.15. The van der Waals surface area contributed by atoms with E-state index in [-0.39, 0.29) is 41.8 Å². The Bertz CT molecular complexity index is 689. The Morgan fingerprint density at radius 1 is 1.27 bits per heavy atom. The number of carbonyl (C=O) groups is 1. The summed E-state index contributed by atoms with van der Waals surface area (Å²) >= 11 is 1.74. The van der Waals surface area contributed by atoms with Gasteiger partial charge in [-0.05, 0) is 30.5 Å². The molecule has 0 fully saturated rings. The number of anilines is 1. The van der Waals surface area contributed by atoms with E-state index in [1.54, 1.807) is 35.9 Å². The molecule has 3 N–H and O–H groups in total. The Kier molecular flexibility index (Phi) is 9.57. The smallest absolute Gasteiger partial charge is 0.246 e. The third-order valence-electron chi connectivity index (χ3n) is 3.56. The van der Waals surface area contributed by atoms with Gasteiger partial charge in [-0.2, -0.15) is 0 Å². The lowest BCUT2D eigenvalue weighted by Crippen LogP contribution is -2.43. The van der Waals surface area contributed by atoms with Crippen LogP contribution in [0.2, 0.25) is 0 Å². The van der Waals surface area contributed by atoms with Crippen LogP contribution in [0.5, 0.6) is 0 Å². The molecule has 0 unspecified atom stereocenters. The number of thiophene rings is 1. The van der Waals surface area contributed by atoms with Gasteiger partial charge in [0.05, 0.1) is 11.9 Å². The second-order valence-electron chi connectivity index (χ2n) is 6.20. The van der Waals surface area contributed by atoms with E-state index in [2.05, 4.69) is 57.3 Å². The van der Waals surface area contributed by atoms with Gasteiger partial charge in [0.25, 0.3) is 0 Å². The van der Waals surface area contributed by atoms with Crippen LogP contribution in [0, 0.1) is 0 Å². The number of hydrogen-bond donors (Lipinski definition) is 3. The Labute approximate surface area is 175 Å². The lowest BCUT2D eigenvalue weighted by molar-refractivity contribution is -0.114. The molecule has 2 heterocycles. The first-order valence-corrected chi connectivity index (χ1v) is 9.15. The number of aliphatic imine (C=N–C) groups is 1. The van der Waals surface area contributed by atoms with Gasteiger partial charge in [-0.3, -0.25) is 9.78 Å². The minimum Gasteiger partial charge on any atom is -0.357 e. The first kappa shape index (κ1) is 22.4. The number of nitrogens with zero attached hydrogens (tertiary/aromatic N) is 2. The van der Waals surface area contributed by atoms with E-state index < -0.39 is 0 Å². The van der Waals surface area contributed by atoms with Gasteiger partial charge in [0.15, 0.2) is 5.96 Å². The number of carbonyl (C=O) groups excluding carboxylic acids is 1. The number of hydrogen-bond acceptors (Lipinski definition) is 4. The van der Waals surface area contributed by atoms with Crippen LogP contribution in [0.4, 0.5) is 5.69 Å². The summed E-state index contributed by atoms with van der Waals surface area (Å²) in [5.74, 6) is 0.455. The van der Waals surface area contributed by atoms with Crippen molar-refractivity contribution in [3.63, 3.8) is 0 Å². The summed E-state index contributed by atoms with van der Waals surface area (Å²) in [4.78, 5) is 21.6. The molecule has 2 aromatic rings. The summed E-state index contributed by atoms with van der Waals surface area (Å²) in [6.45, 7) is 7.87. The molecule has 0 aromatic carbocycles. The van der Waals surface area contributed by atoms with Crippen molar-refractivity contribution in [2.45, 2.75) is 26.2 Å². The molecule has 0 spiro atoms. The maximum absolute atomic E-state index is 12.0. The normalized spacial score (nSPS) is 11.4. The maximum atomic E-state index is 12.0. The monoisotopic (exact) mass is 487 g/mol. The Balaban J connectivity index is 0.00000338. The van der Waals surface area contributed by atoms with Crippen molar-refractivity contribution in [3.05, 3.63) is 46.9 Å². The topological polar surface area (TPSA) is 78.4 Å². The van der Waals surface area contributed by atoms with E-state index >= 15 is 0 Å². The van der Waals surface area contributed by atoms with Gasteiger partial charge in [0.1, 0.15) is 6.54 Å². The van der Waals surface area contributed by atoms with Crippen molar-refractivity contribution in [2.24, 2.45) is 4.99 Å². The largest absolute Gasteiger partial charge is 0.357 e. The Morgan fingerprint density at radius 2 is 2.08 bits per heavy atom.